The maximum absolute atomic E-state index is 4.78. The molecule has 3 aromatic rings. The van der Waals surface area contributed by atoms with Crippen molar-refractivity contribution in [3.63, 3.8) is 0 Å². The van der Waals surface area contributed by atoms with E-state index in [9.17, 15) is 0 Å². The first-order chi connectivity index (χ1) is 15.1. The van der Waals surface area contributed by atoms with Gasteiger partial charge in [0.1, 0.15) is 11.6 Å². The fraction of sp³-hybridized carbons (Fsp3) is 0.333. The quantitative estimate of drug-likeness (QED) is 0.314. The van der Waals surface area contributed by atoms with E-state index in [2.05, 4.69) is 76.5 Å². The lowest BCUT2D eigenvalue weighted by Gasteiger charge is -2.11. The van der Waals surface area contributed by atoms with Crippen molar-refractivity contribution < 1.29 is 0 Å². The molecule has 0 radical (unpaired) electrons. The van der Waals surface area contributed by atoms with Gasteiger partial charge in [0.25, 0.3) is 0 Å². The summed E-state index contributed by atoms with van der Waals surface area (Å²) < 4.78 is 0. The third-order valence-electron chi connectivity index (χ3n) is 5.04. The summed E-state index contributed by atoms with van der Waals surface area (Å²) >= 11 is 0. The summed E-state index contributed by atoms with van der Waals surface area (Å²) in [6, 6.07) is 4.10. The van der Waals surface area contributed by atoms with Gasteiger partial charge in [0.05, 0.1) is 11.3 Å². The van der Waals surface area contributed by atoms with Crippen LogP contribution in [-0.2, 0) is 6.42 Å². The maximum atomic E-state index is 4.78. The molecule has 0 spiro atoms. The molecule has 0 saturated heterocycles. The average Bonchev–Trinajstić information content (AvgIpc) is 3.35. The highest BCUT2D eigenvalue weighted by Crippen LogP contribution is 2.25. The number of aromatic nitrogens is 5. The molecule has 0 amide bonds. The Morgan fingerprint density at radius 3 is 2.52 bits per heavy atom. The summed E-state index contributed by atoms with van der Waals surface area (Å²) in [7, 11) is 0. The summed E-state index contributed by atoms with van der Waals surface area (Å²) in [5.74, 6) is 2.21. The number of hydrogen-bond acceptors (Lipinski definition) is 6. The van der Waals surface area contributed by atoms with Gasteiger partial charge in [-0.25, -0.2) is 19.9 Å². The van der Waals surface area contributed by atoms with Crippen molar-refractivity contribution in [1.82, 2.24) is 24.9 Å². The number of aryl methyl sites for hydroxylation is 1. The lowest BCUT2D eigenvalue weighted by molar-refractivity contribution is 1.01. The van der Waals surface area contributed by atoms with Crippen molar-refractivity contribution in [1.29, 1.82) is 0 Å². The molecule has 0 aromatic carbocycles. The molecule has 3 aromatic heterocycles. The van der Waals surface area contributed by atoms with E-state index < -0.39 is 0 Å². The average molecular weight is 418 g/mol. The van der Waals surface area contributed by atoms with Crippen molar-refractivity contribution in [2.45, 2.75) is 40.5 Å². The van der Waals surface area contributed by atoms with E-state index in [1.807, 2.05) is 18.5 Å². The Kier molecular flexibility index (Phi) is 7.92. The molecule has 0 fully saturated rings. The SMILES string of the molecule is CCC(C)=C/C=C(\C)c1nc(NCCNc2ccc(CC)cn2)ncc1-c1ncc[nH]1. The first-order valence-electron chi connectivity index (χ1n) is 10.7. The van der Waals surface area contributed by atoms with Crippen LogP contribution >= 0.6 is 0 Å². The number of pyridine rings is 1. The number of nitrogens with one attached hydrogen (secondary N) is 3. The molecule has 0 aliphatic rings. The fourth-order valence-corrected chi connectivity index (χ4v) is 2.92. The molecular weight excluding hydrogens is 386 g/mol. The number of allylic oxidation sites excluding steroid dienone is 4. The van der Waals surface area contributed by atoms with Gasteiger partial charge in [0.15, 0.2) is 0 Å². The van der Waals surface area contributed by atoms with Gasteiger partial charge in [-0.15, -0.1) is 0 Å². The number of hydrogen-bond donors (Lipinski definition) is 3. The van der Waals surface area contributed by atoms with Crippen LogP contribution < -0.4 is 10.6 Å². The fourth-order valence-electron chi connectivity index (χ4n) is 2.92. The van der Waals surface area contributed by atoms with Gasteiger partial charge in [0, 0.05) is 37.9 Å². The molecule has 162 valence electrons. The van der Waals surface area contributed by atoms with Crippen LogP contribution in [0.5, 0.6) is 0 Å². The number of nitrogens with zero attached hydrogens (tertiary/aromatic N) is 4. The zero-order valence-corrected chi connectivity index (χ0v) is 18.7. The van der Waals surface area contributed by atoms with Crippen LogP contribution in [0.1, 0.15) is 45.4 Å². The van der Waals surface area contributed by atoms with E-state index in [0.717, 1.165) is 41.3 Å². The van der Waals surface area contributed by atoms with Crippen LogP contribution in [0.4, 0.5) is 11.8 Å². The Morgan fingerprint density at radius 1 is 1.00 bits per heavy atom. The van der Waals surface area contributed by atoms with E-state index in [4.69, 9.17) is 4.98 Å². The summed E-state index contributed by atoms with van der Waals surface area (Å²) in [6.45, 7) is 9.85. The third-order valence-corrected chi connectivity index (χ3v) is 5.04. The second-order valence-corrected chi connectivity index (χ2v) is 7.37. The molecule has 31 heavy (non-hydrogen) atoms. The molecule has 0 aliphatic carbocycles. The summed E-state index contributed by atoms with van der Waals surface area (Å²) in [5.41, 5.74) is 5.34. The molecule has 0 atom stereocenters. The molecule has 0 unspecified atom stereocenters. The predicted octanol–water partition coefficient (Wildman–Crippen LogP) is 5.11. The van der Waals surface area contributed by atoms with Crippen LogP contribution in [-0.4, -0.2) is 38.0 Å². The standard InChI is InChI=1S/C24H31N7/c1-5-17(3)7-8-18(4)22-20(23-26-12-13-27-23)16-30-24(31-22)28-14-11-25-21-10-9-19(6-2)15-29-21/h7-10,12-13,15-16H,5-6,11,14H2,1-4H3,(H,25,29)(H,26,27)(H,28,30,31)/b17-7?,18-8+. The Balaban J connectivity index is 1.70. The predicted molar refractivity (Wildman–Crippen MR) is 128 cm³/mol. The highest BCUT2D eigenvalue weighted by Gasteiger charge is 2.12. The molecule has 0 aliphatic heterocycles. The normalized spacial score (nSPS) is 12.1. The van der Waals surface area contributed by atoms with Gasteiger partial charge in [-0.1, -0.05) is 37.6 Å². The Bertz CT molecular complexity index is 1020. The number of H-pyrrole nitrogens is 1. The Labute approximate surface area is 184 Å². The lowest BCUT2D eigenvalue weighted by atomic mass is 10.1. The minimum atomic E-state index is 0.588. The second kappa shape index (κ2) is 11.1. The van der Waals surface area contributed by atoms with E-state index in [0.29, 0.717) is 19.0 Å². The smallest absolute Gasteiger partial charge is 0.223 e. The number of imidazole rings is 1. The molecular formula is C24H31N7. The highest BCUT2D eigenvalue weighted by molar-refractivity contribution is 5.76. The molecule has 0 saturated carbocycles. The molecule has 3 rings (SSSR count). The first kappa shape index (κ1) is 22.2. The van der Waals surface area contributed by atoms with Gasteiger partial charge in [-0.05, 0) is 43.9 Å². The van der Waals surface area contributed by atoms with Crippen molar-refractivity contribution in [3.05, 3.63) is 65.9 Å². The zero-order chi connectivity index (χ0) is 22.1. The van der Waals surface area contributed by atoms with Gasteiger partial charge >= 0.3 is 0 Å². The molecule has 0 bridgehead atoms. The van der Waals surface area contributed by atoms with Crippen LogP contribution in [0, 0.1) is 0 Å². The minimum Gasteiger partial charge on any atom is -0.368 e. The molecule has 3 heterocycles. The largest absolute Gasteiger partial charge is 0.368 e. The van der Waals surface area contributed by atoms with Crippen LogP contribution in [0.3, 0.4) is 0 Å². The van der Waals surface area contributed by atoms with E-state index in [1.165, 1.54) is 11.1 Å². The van der Waals surface area contributed by atoms with Crippen molar-refractivity contribution >= 4 is 17.3 Å². The number of anilines is 2. The summed E-state index contributed by atoms with van der Waals surface area (Å²) in [4.78, 5) is 21.2. The van der Waals surface area contributed by atoms with Gasteiger partial charge in [-0.3, -0.25) is 0 Å². The topological polar surface area (TPSA) is 91.4 Å². The van der Waals surface area contributed by atoms with E-state index in [1.54, 1.807) is 12.4 Å². The van der Waals surface area contributed by atoms with Crippen LogP contribution in [0.2, 0.25) is 0 Å². The van der Waals surface area contributed by atoms with Gasteiger partial charge in [0.2, 0.25) is 5.95 Å². The van der Waals surface area contributed by atoms with Gasteiger partial charge < -0.3 is 15.6 Å². The summed E-state index contributed by atoms with van der Waals surface area (Å²) in [5, 5.41) is 6.61. The molecule has 7 nitrogen and oxygen atoms in total. The Hall–Kier alpha value is -3.48. The monoisotopic (exact) mass is 417 g/mol. The maximum Gasteiger partial charge on any atom is 0.223 e. The van der Waals surface area contributed by atoms with E-state index >= 15 is 0 Å². The van der Waals surface area contributed by atoms with Crippen molar-refractivity contribution in [3.8, 4) is 11.4 Å². The van der Waals surface area contributed by atoms with Crippen molar-refractivity contribution in [2.75, 3.05) is 23.7 Å². The highest BCUT2D eigenvalue weighted by atomic mass is 15.1. The number of rotatable bonds is 10. The molecule has 7 heteroatoms. The molecule has 3 N–H and O–H groups in total. The van der Waals surface area contributed by atoms with Gasteiger partial charge in [-0.2, -0.15) is 0 Å². The third kappa shape index (κ3) is 6.25. The first-order valence-corrected chi connectivity index (χ1v) is 10.7. The lowest BCUT2D eigenvalue weighted by Crippen LogP contribution is -2.16. The van der Waals surface area contributed by atoms with Crippen LogP contribution in [0.15, 0.2) is 54.6 Å². The number of aromatic amines is 1. The van der Waals surface area contributed by atoms with Crippen molar-refractivity contribution in [2.24, 2.45) is 0 Å². The van der Waals surface area contributed by atoms with E-state index in [-0.39, 0.29) is 0 Å². The Morgan fingerprint density at radius 2 is 1.84 bits per heavy atom. The minimum absolute atomic E-state index is 0.588. The summed E-state index contributed by atoms with van der Waals surface area (Å²) in [6.07, 6.45) is 13.5. The second-order valence-electron chi connectivity index (χ2n) is 7.37. The van der Waals surface area contributed by atoms with Crippen LogP contribution in [0.25, 0.3) is 17.0 Å². The zero-order valence-electron chi connectivity index (χ0n) is 18.7.